The Kier molecular flexibility index (Phi) is 6.13. The Morgan fingerprint density at radius 2 is 1.62 bits per heavy atom. The first-order valence-electron chi connectivity index (χ1n) is 3.58. The van der Waals surface area contributed by atoms with Crippen LogP contribution >= 0.6 is 15.9 Å². The van der Waals surface area contributed by atoms with Crippen LogP contribution in [0.5, 0.6) is 0 Å². The maximum Gasteiger partial charge on any atom is 0.309 e. The molecule has 0 rings (SSSR count). The second kappa shape index (κ2) is 6.59. The molecule has 6 heteroatoms. The number of carboxylic acid groups (broad SMARTS) is 2. The van der Waals surface area contributed by atoms with Crippen molar-refractivity contribution in [1.29, 1.82) is 0 Å². The number of alkyl halides is 1. The third-order valence-electron chi connectivity index (χ3n) is 1.13. The van der Waals surface area contributed by atoms with Crippen LogP contribution in [0.25, 0.3) is 0 Å². The summed E-state index contributed by atoms with van der Waals surface area (Å²) in [5.74, 6) is -2.12. The second-order valence-corrected chi connectivity index (χ2v) is 3.07. The van der Waals surface area contributed by atoms with Crippen molar-refractivity contribution < 1.29 is 19.8 Å². The number of rotatable bonds is 6. The van der Waals surface area contributed by atoms with E-state index in [0.717, 1.165) is 0 Å². The van der Waals surface area contributed by atoms with Crippen LogP contribution in [-0.2, 0) is 9.59 Å². The van der Waals surface area contributed by atoms with Gasteiger partial charge in [-0.15, -0.1) is 0 Å². The molecule has 0 aliphatic heterocycles. The maximum absolute atomic E-state index is 10.3. The SMILES string of the molecule is O=C(O)CC(CC(=O)O)=NCCBr. The van der Waals surface area contributed by atoms with E-state index in [0.29, 0.717) is 11.9 Å². The third kappa shape index (κ3) is 7.45. The van der Waals surface area contributed by atoms with Crippen LogP contribution in [0.3, 0.4) is 0 Å². The van der Waals surface area contributed by atoms with E-state index in [1.165, 1.54) is 0 Å². The standard InChI is InChI=1S/C7H10BrNO4/c8-1-2-9-5(3-6(10)11)4-7(12)13/h1-4H2,(H,10,11)(H,12,13). The van der Waals surface area contributed by atoms with Gasteiger partial charge in [-0.2, -0.15) is 0 Å². The van der Waals surface area contributed by atoms with Gasteiger partial charge in [0.1, 0.15) is 0 Å². The first-order chi connectivity index (χ1) is 6.06. The molecule has 5 nitrogen and oxygen atoms in total. The Morgan fingerprint density at radius 3 is 1.92 bits per heavy atom. The number of aliphatic carboxylic acids is 2. The zero-order valence-electron chi connectivity index (χ0n) is 6.86. The summed E-state index contributed by atoms with van der Waals surface area (Å²) in [4.78, 5) is 24.4. The normalized spacial score (nSPS) is 9.31. The van der Waals surface area contributed by atoms with Gasteiger partial charge in [0.25, 0.3) is 0 Å². The fraction of sp³-hybridized carbons (Fsp3) is 0.571. The monoisotopic (exact) mass is 251 g/mol. The van der Waals surface area contributed by atoms with E-state index in [9.17, 15) is 9.59 Å². The minimum atomic E-state index is -1.06. The average molecular weight is 252 g/mol. The lowest BCUT2D eigenvalue weighted by atomic mass is 10.2. The van der Waals surface area contributed by atoms with E-state index >= 15 is 0 Å². The van der Waals surface area contributed by atoms with Gasteiger partial charge in [0, 0.05) is 17.6 Å². The zero-order valence-corrected chi connectivity index (χ0v) is 8.45. The molecule has 0 unspecified atom stereocenters. The third-order valence-corrected chi connectivity index (χ3v) is 1.49. The summed E-state index contributed by atoms with van der Waals surface area (Å²) in [6.45, 7) is 0.399. The Labute approximate surface area is 83.6 Å². The van der Waals surface area contributed by atoms with E-state index in [2.05, 4.69) is 20.9 Å². The van der Waals surface area contributed by atoms with E-state index < -0.39 is 11.9 Å². The molecule has 0 bridgehead atoms. The number of carboxylic acids is 2. The van der Waals surface area contributed by atoms with Crippen molar-refractivity contribution in [3.63, 3.8) is 0 Å². The smallest absolute Gasteiger partial charge is 0.309 e. The molecule has 0 atom stereocenters. The van der Waals surface area contributed by atoms with Crippen molar-refractivity contribution in [3.05, 3.63) is 0 Å². The minimum Gasteiger partial charge on any atom is -0.481 e. The van der Waals surface area contributed by atoms with Crippen LogP contribution in [0, 0.1) is 0 Å². The molecule has 0 aromatic heterocycles. The van der Waals surface area contributed by atoms with Crippen LogP contribution in [-0.4, -0.2) is 39.7 Å². The Balaban J connectivity index is 4.17. The summed E-state index contributed by atoms with van der Waals surface area (Å²) in [5.41, 5.74) is 0.194. The summed E-state index contributed by atoms with van der Waals surface area (Å²) in [6, 6.07) is 0. The van der Waals surface area contributed by atoms with Gasteiger partial charge in [-0.1, -0.05) is 15.9 Å². The lowest BCUT2D eigenvalue weighted by molar-refractivity contribution is -0.135. The summed E-state index contributed by atoms with van der Waals surface area (Å²) in [6.07, 6.45) is -0.613. The molecule has 0 aromatic rings. The molecular weight excluding hydrogens is 242 g/mol. The van der Waals surface area contributed by atoms with Crippen LogP contribution in [0.15, 0.2) is 4.99 Å². The molecule has 0 aliphatic rings. The van der Waals surface area contributed by atoms with Gasteiger partial charge in [0.15, 0.2) is 0 Å². The quantitative estimate of drug-likeness (QED) is 0.540. The van der Waals surface area contributed by atoms with Gasteiger partial charge in [-0.25, -0.2) is 0 Å². The summed E-state index contributed by atoms with van der Waals surface area (Å²) >= 11 is 3.11. The lowest BCUT2D eigenvalue weighted by Gasteiger charge is -1.99. The number of nitrogens with zero attached hydrogens (tertiary/aromatic N) is 1. The molecule has 13 heavy (non-hydrogen) atoms. The van der Waals surface area contributed by atoms with Crippen molar-refractivity contribution in [1.82, 2.24) is 0 Å². The molecule has 0 saturated heterocycles. The van der Waals surface area contributed by atoms with E-state index in [1.807, 2.05) is 0 Å². The molecule has 0 saturated carbocycles. The van der Waals surface area contributed by atoms with Crippen molar-refractivity contribution in [2.45, 2.75) is 12.8 Å². The first-order valence-corrected chi connectivity index (χ1v) is 4.70. The fourth-order valence-electron chi connectivity index (χ4n) is 0.724. The predicted molar refractivity (Wildman–Crippen MR) is 50.6 cm³/mol. The molecule has 0 heterocycles. The molecule has 0 spiro atoms. The van der Waals surface area contributed by atoms with E-state index in [-0.39, 0.29) is 18.6 Å². The zero-order chi connectivity index (χ0) is 10.3. The van der Waals surface area contributed by atoms with Crippen LogP contribution in [0.2, 0.25) is 0 Å². The van der Waals surface area contributed by atoms with Gasteiger partial charge in [0.2, 0.25) is 0 Å². The van der Waals surface area contributed by atoms with E-state index in [1.54, 1.807) is 0 Å². The molecule has 0 aromatic carbocycles. The Morgan fingerprint density at radius 1 is 1.15 bits per heavy atom. The lowest BCUT2D eigenvalue weighted by Crippen LogP contribution is -2.12. The van der Waals surface area contributed by atoms with Gasteiger partial charge >= 0.3 is 11.9 Å². The summed E-state index contributed by atoms with van der Waals surface area (Å²) in [7, 11) is 0. The number of halogens is 1. The molecule has 0 fully saturated rings. The molecule has 74 valence electrons. The Bertz CT molecular complexity index is 209. The van der Waals surface area contributed by atoms with Gasteiger partial charge in [-0.3, -0.25) is 14.6 Å². The summed E-state index contributed by atoms with van der Waals surface area (Å²) in [5, 5.41) is 17.4. The molecule has 0 aliphatic carbocycles. The van der Waals surface area contributed by atoms with Crippen LogP contribution < -0.4 is 0 Å². The number of carbonyl (C=O) groups is 2. The van der Waals surface area contributed by atoms with Crippen molar-refractivity contribution in [3.8, 4) is 0 Å². The minimum absolute atomic E-state index is 0.194. The van der Waals surface area contributed by atoms with E-state index in [4.69, 9.17) is 10.2 Å². The highest BCUT2D eigenvalue weighted by Gasteiger charge is 2.09. The highest BCUT2D eigenvalue weighted by atomic mass is 79.9. The van der Waals surface area contributed by atoms with Crippen LogP contribution in [0.1, 0.15) is 12.8 Å². The fourth-order valence-corrected chi connectivity index (χ4v) is 0.901. The first kappa shape index (κ1) is 12.1. The molecule has 0 radical (unpaired) electrons. The molecule has 0 amide bonds. The number of aliphatic imine (C=N–C) groups is 1. The predicted octanol–water partition coefficient (Wildman–Crippen LogP) is 0.772. The number of hydrogen-bond acceptors (Lipinski definition) is 3. The van der Waals surface area contributed by atoms with Crippen LogP contribution in [0.4, 0.5) is 0 Å². The van der Waals surface area contributed by atoms with Gasteiger partial charge in [0.05, 0.1) is 12.8 Å². The molecular formula is C7H10BrNO4. The second-order valence-electron chi connectivity index (χ2n) is 2.28. The maximum atomic E-state index is 10.3. The van der Waals surface area contributed by atoms with Crippen molar-refractivity contribution >= 4 is 33.6 Å². The van der Waals surface area contributed by atoms with Crippen molar-refractivity contribution in [2.75, 3.05) is 11.9 Å². The highest BCUT2D eigenvalue weighted by Crippen LogP contribution is 1.95. The van der Waals surface area contributed by atoms with Gasteiger partial charge in [-0.05, 0) is 0 Å². The highest BCUT2D eigenvalue weighted by molar-refractivity contribution is 9.09. The van der Waals surface area contributed by atoms with Crippen molar-refractivity contribution in [2.24, 2.45) is 4.99 Å². The topological polar surface area (TPSA) is 87.0 Å². The molecule has 2 N–H and O–H groups in total. The van der Waals surface area contributed by atoms with Gasteiger partial charge < -0.3 is 10.2 Å². The largest absolute Gasteiger partial charge is 0.481 e. The average Bonchev–Trinajstić information content (AvgIpc) is 1.98. The summed E-state index contributed by atoms with van der Waals surface area (Å²) < 4.78 is 0. The number of hydrogen-bond donors (Lipinski definition) is 2. The Hall–Kier alpha value is -0.910.